The van der Waals surface area contributed by atoms with Crippen LogP contribution in [0.15, 0.2) is 24.3 Å². The zero-order valence-electron chi connectivity index (χ0n) is 6.09. The van der Waals surface area contributed by atoms with Crippen LogP contribution in [-0.4, -0.2) is 12.1 Å². The number of hydrogen-bond acceptors (Lipinski definition) is 4. The summed E-state index contributed by atoms with van der Waals surface area (Å²) in [5.74, 6) is -2.60. The highest BCUT2D eigenvalue weighted by molar-refractivity contribution is 5.76. The minimum atomic E-state index is -5.00. The van der Waals surface area contributed by atoms with Crippen LogP contribution < -0.4 is 5.48 Å². The van der Waals surface area contributed by atoms with E-state index in [1.54, 1.807) is 0 Å². The van der Waals surface area contributed by atoms with Crippen molar-refractivity contribution in [3.8, 4) is 0 Å². The second-order valence-electron chi connectivity index (χ2n) is 1.98. The summed E-state index contributed by atoms with van der Waals surface area (Å²) in [5, 5.41) is 0. The highest BCUT2D eigenvalue weighted by Gasteiger charge is 2.41. The smallest absolute Gasteiger partial charge is 0.416 e. The first-order chi connectivity index (χ1) is 6.00. The van der Waals surface area contributed by atoms with Gasteiger partial charge in [-0.2, -0.15) is 13.2 Å². The number of alkyl halides is 3. The van der Waals surface area contributed by atoms with Crippen molar-refractivity contribution in [3.63, 3.8) is 0 Å². The van der Waals surface area contributed by atoms with Crippen molar-refractivity contribution in [2.24, 2.45) is 0 Å². The first-order valence-electron chi connectivity index (χ1n) is 3.07. The first-order valence-corrected chi connectivity index (χ1v) is 3.07. The van der Waals surface area contributed by atoms with Crippen molar-refractivity contribution in [3.05, 3.63) is 24.3 Å². The Bertz CT molecular complexity index is 269. The molecule has 7 heteroatoms. The number of carbonyl (C=O) groups is 1. The number of ether oxygens (including phenoxy) is 1. The van der Waals surface area contributed by atoms with Gasteiger partial charge in [0.25, 0.3) is 0 Å². The Morgan fingerprint density at radius 1 is 1.54 bits per heavy atom. The van der Waals surface area contributed by atoms with E-state index in [-0.39, 0.29) is 5.76 Å². The molecule has 0 aliphatic carbocycles. The Morgan fingerprint density at radius 3 is 2.69 bits per heavy atom. The molecule has 1 N–H and O–H groups in total. The van der Waals surface area contributed by atoms with Crippen LogP contribution in [0.5, 0.6) is 0 Å². The summed E-state index contributed by atoms with van der Waals surface area (Å²) in [5.41, 5.74) is 2.20. The van der Waals surface area contributed by atoms with Crippen LogP contribution in [0, 0.1) is 0 Å². The molecule has 1 rings (SSSR count). The monoisotopic (exact) mass is 195 g/mol. The van der Waals surface area contributed by atoms with Gasteiger partial charge in [-0.3, -0.25) is 0 Å². The third-order valence-electron chi connectivity index (χ3n) is 1.00. The van der Waals surface area contributed by atoms with E-state index in [0.717, 1.165) is 12.3 Å². The summed E-state index contributed by atoms with van der Waals surface area (Å²) in [6.45, 7) is 0. The number of hydrogen-bond donors (Lipinski definition) is 1. The summed E-state index contributed by atoms with van der Waals surface area (Å²) < 4.78 is 38.8. The maximum absolute atomic E-state index is 11.6. The lowest BCUT2D eigenvalue weighted by molar-refractivity contribution is -0.195. The Labute approximate surface area is 70.6 Å². The molecule has 0 bridgehead atoms. The van der Waals surface area contributed by atoms with Gasteiger partial charge in [-0.1, -0.05) is 0 Å². The van der Waals surface area contributed by atoms with Crippen molar-refractivity contribution in [1.82, 2.24) is 5.48 Å². The van der Waals surface area contributed by atoms with E-state index in [2.05, 4.69) is 15.1 Å². The largest absolute Gasteiger partial charge is 0.491 e. The first kappa shape index (κ1) is 9.43. The minimum Gasteiger partial charge on any atom is -0.416 e. The van der Waals surface area contributed by atoms with E-state index < -0.39 is 12.1 Å². The standard InChI is InChI=1S/C6H4F3NO3/c7-6(8,9)5(11)13-4-1-2-10-12-3-4/h1-3,10H. The third kappa shape index (κ3) is 2.69. The number of rotatable bonds is 1. The molecule has 0 radical (unpaired) electrons. The molecule has 0 aromatic rings. The molecule has 1 heterocycles. The van der Waals surface area contributed by atoms with Crippen LogP contribution in [0.25, 0.3) is 0 Å². The van der Waals surface area contributed by atoms with E-state index in [1.165, 1.54) is 6.20 Å². The molecule has 0 fully saturated rings. The van der Waals surface area contributed by atoms with E-state index in [4.69, 9.17) is 0 Å². The van der Waals surface area contributed by atoms with Gasteiger partial charge < -0.3 is 9.57 Å². The Hall–Kier alpha value is -1.66. The van der Waals surface area contributed by atoms with Gasteiger partial charge in [0, 0.05) is 12.3 Å². The SMILES string of the molecule is O=C(OC1=CONC=C1)C(F)(F)F. The number of carbonyl (C=O) groups excluding carboxylic acids is 1. The summed E-state index contributed by atoms with van der Waals surface area (Å²) >= 11 is 0. The lowest BCUT2D eigenvalue weighted by Crippen LogP contribution is -2.25. The average Bonchev–Trinajstić information content (AvgIpc) is 2.04. The van der Waals surface area contributed by atoms with E-state index in [0.29, 0.717) is 0 Å². The summed E-state index contributed by atoms with van der Waals surface area (Å²) in [7, 11) is 0. The molecule has 0 saturated carbocycles. The fourth-order valence-electron chi connectivity index (χ4n) is 0.510. The average molecular weight is 195 g/mol. The van der Waals surface area contributed by atoms with Crippen molar-refractivity contribution >= 4 is 5.97 Å². The lowest BCUT2D eigenvalue weighted by Gasteiger charge is -2.10. The highest BCUT2D eigenvalue weighted by Crippen LogP contribution is 2.19. The lowest BCUT2D eigenvalue weighted by atomic mass is 10.5. The maximum Gasteiger partial charge on any atom is 0.491 e. The van der Waals surface area contributed by atoms with E-state index >= 15 is 0 Å². The van der Waals surface area contributed by atoms with Crippen molar-refractivity contribution in [1.29, 1.82) is 0 Å². The van der Waals surface area contributed by atoms with E-state index in [1.807, 2.05) is 0 Å². The van der Waals surface area contributed by atoms with Gasteiger partial charge in [-0.15, -0.1) is 0 Å². The Kier molecular flexibility index (Phi) is 2.45. The number of allylic oxidation sites excluding steroid dienone is 1. The highest BCUT2D eigenvalue weighted by atomic mass is 19.4. The number of hydroxylamine groups is 1. The van der Waals surface area contributed by atoms with Crippen molar-refractivity contribution in [2.75, 3.05) is 0 Å². The molecule has 4 nitrogen and oxygen atoms in total. The predicted molar refractivity (Wildman–Crippen MR) is 33.6 cm³/mol. The van der Waals surface area contributed by atoms with Crippen LogP contribution >= 0.6 is 0 Å². The summed E-state index contributed by atoms with van der Waals surface area (Å²) in [4.78, 5) is 14.6. The molecule has 0 aromatic carbocycles. The minimum absolute atomic E-state index is 0.318. The van der Waals surface area contributed by atoms with Crippen LogP contribution in [0.2, 0.25) is 0 Å². The Morgan fingerprint density at radius 2 is 2.23 bits per heavy atom. The fourth-order valence-corrected chi connectivity index (χ4v) is 0.510. The van der Waals surface area contributed by atoms with Gasteiger partial charge in [0.2, 0.25) is 0 Å². The van der Waals surface area contributed by atoms with Crippen LogP contribution in [0.3, 0.4) is 0 Å². The molecule has 72 valence electrons. The van der Waals surface area contributed by atoms with Gasteiger partial charge in [-0.25, -0.2) is 10.3 Å². The molecule has 1 aliphatic rings. The quantitative estimate of drug-likeness (QED) is 0.633. The Balaban J connectivity index is 2.54. The summed E-state index contributed by atoms with van der Waals surface area (Å²) in [6, 6.07) is 0. The molecule has 0 atom stereocenters. The van der Waals surface area contributed by atoms with Crippen LogP contribution in [0.4, 0.5) is 13.2 Å². The molecule has 13 heavy (non-hydrogen) atoms. The summed E-state index contributed by atoms with van der Waals surface area (Å²) in [6.07, 6.45) is -1.87. The van der Waals surface area contributed by atoms with Crippen molar-refractivity contribution in [2.45, 2.75) is 6.18 Å². The molecule has 0 unspecified atom stereocenters. The second kappa shape index (κ2) is 3.38. The van der Waals surface area contributed by atoms with Gasteiger partial charge in [-0.05, 0) is 0 Å². The van der Waals surface area contributed by atoms with Gasteiger partial charge in [0.15, 0.2) is 12.0 Å². The maximum atomic E-state index is 11.6. The zero-order chi connectivity index (χ0) is 9.90. The molecular formula is C6H4F3NO3. The molecular weight excluding hydrogens is 191 g/mol. The fraction of sp³-hybridized carbons (Fsp3) is 0.167. The number of nitrogens with one attached hydrogen (secondary N) is 1. The molecule has 1 aliphatic heterocycles. The number of halogens is 3. The second-order valence-corrected chi connectivity index (χ2v) is 1.98. The van der Waals surface area contributed by atoms with Gasteiger partial charge >= 0.3 is 12.1 Å². The topological polar surface area (TPSA) is 47.6 Å². The molecule has 0 amide bonds. The van der Waals surface area contributed by atoms with Crippen molar-refractivity contribution < 1.29 is 27.5 Å². The van der Waals surface area contributed by atoms with Crippen LogP contribution in [0.1, 0.15) is 0 Å². The molecule has 0 saturated heterocycles. The van der Waals surface area contributed by atoms with Crippen LogP contribution in [-0.2, 0) is 14.4 Å². The molecule has 0 aromatic heterocycles. The van der Waals surface area contributed by atoms with Gasteiger partial charge in [0.1, 0.15) is 0 Å². The normalized spacial score (nSPS) is 15.5. The number of esters is 1. The molecule has 0 spiro atoms. The van der Waals surface area contributed by atoms with E-state index in [9.17, 15) is 18.0 Å². The third-order valence-corrected chi connectivity index (χ3v) is 1.00. The zero-order valence-corrected chi connectivity index (χ0v) is 6.09. The predicted octanol–water partition coefficient (Wildman–Crippen LogP) is 0.982. The van der Waals surface area contributed by atoms with Gasteiger partial charge in [0.05, 0.1) is 0 Å².